The van der Waals surface area contributed by atoms with Crippen LogP contribution >= 0.6 is 0 Å². The molecule has 1 N–H and O–H groups in total. The Kier molecular flexibility index (Phi) is 6.23. The van der Waals surface area contributed by atoms with Gasteiger partial charge in [-0.25, -0.2) is 0 Å². The lowest BCUT2D eigenvalue weighted by Gasteiger charge is -2.15. The number of nitrogens with one attached hydrogen (secondary N) is 1. The minimum atomic E-state index is -0.0677. The molecular formula is C16H27N3O2. The van der Waals surface area contributed by atoms with E-state index in [4.69, 9.17) is 4.74 Å². The van der Waals surface area contributed by atoms with Gasteiger partial charge in [0.15, 0.2) is 0 Å². The average molecular weight is 293 g/mol. The van der Waals surface area contributed by atoms with Gasteiger partial charge in [-0.3, -0.25) is 9.48 Å². The van der Waals surface area contributed by atoms with Gasteiger partial charge in [0.2, 0.25) is 0 Å². The summed E-state index contributed by atoms with van der Waals surface area (Å²) in [5, 5.41) is 7.20. The zero-order valence-electron chi connectivity index (χ0n) is 13.2. The van der Waals surface area contributed by atoms with Gasteiger partial charge in [-0.2, -0.15) is 5.10 Å². The number of nitrogens with zero attached hydrogens (tertiary/aromatic N) is 2. The minimum Gasteiger partial charge on any atom is -0.376 e. The predicted molar refractivity (Wildman–Crippen MR) is 82.4 cm³/mol. The number of hydrogen-bond donors (Lipinski definition) is 1. The topological polar surface area (TPSA) is 56.2 Å². The van der Waals surface area contributed by atoms with Gasteiger partial charge in [0, 0.05) is 13.1 Å². The normalized spacial score (nSPS) is 16.7. The number of aromatic nitrogens is 2. The monoisotopic (exact) mass is 293 g/mol. The molecule has 0 bridgehead atoms. The highest BCUT2D eigenvalue weighted by Gasteiger charge is 2.14. The van der Waals surface area contributed by atoms with Crippen LogP contribution in [0.5, 0.6) is 0 Å². The Morgan fingerprint density at radius 3 is 2.76 bits per heavy atom. The summed E-state index contributed by atoms with van der Waals surface area (Å²) in [5.41, 5.74) is 1.50. The lowest BCUT2D eigenvalue weighted by Crippen LogP contribution is -2.30. The van der Waals surface area contributed by atoms with E-state index < -0.39 is 0 Å². The largest absolute Gasteiger partial charge is 0.376 e. The van der Waals surface area contributed by atoms with E-state index in [0.29, 0.717) is 31.5 Å². The van der Waals surface area contributed by atoms with Crippen LogP contribution in [-0.2, 0) is 11.3 Å². The molecule has 1 heterocycles. The van der Waals surface area contributed by atoms with Gasteiger partial charge in [-0.1, -0.05) is 25.7 Å². The zero-order chi connectivity index (χ0) is 15.1. The van der Waals surface area contributed by atoms with E-state index >= 15 is 0 Å². The first-order chi connectivity index (χ1) is 10.2. The fraction of sp³-hybridized carbons (Fsp3) is 0.750. The highest BCUT2D eigenvalue weighted by molar-refractivity contribution is 5.92. The van der Waals surface area contributed by atoms with Crippen LogP contribution in [0.15, 0.2) is 6.07 Å². The molecule has 1 aromatic rings. The zero-order valence-corrected chi connectivity index (χ0v) is 13.2. The minimum absolute atomic E-state index is 0.0677. The van der Waals surface area contributed by atoms with Crippen LogP contribution in [-0.4, -0.2) is 34.9 Å². The number of hydrogen-bond acceptors (Lipinski definition) is 3. The van der Waals surface area contributed by atoms with Crippen LogP contribution in [0, 0.1) is 6.92 Å². The molecule has 0 saturated heterocycles. The fourth-order valence-corrected chi connectivity index (χ4v) is 2.86. The number of aryl methyl sites for hydroxylation is 2. The van der Waals surface area contributed by atoms with Gasteiger partial charge in [-0.15, -0.1) is 0 Å². The Morgan fingerprint density at radius 2 is 2.10 bits per heavy atom. The number of ether oxygens (including phenoxy) is 1. The van der Waals surface area contributed by atoms with Gasteiger partial charge < -0.3 is 10.1 Å². The summed E-state index contributed by atoms with van der Waals surface area (Å²) in [6, 6.07) is 1.82. The molecule has 2 rings (SSSR count). The van der Waals surface area contributed by atoms with Gasteiger partial charge in [0.1, 0.15) is 5.69 Å². The van der Waals surface area contributed by atoms with Gasteiger partial charge in [-0.05, 0) is 32.8 Å². The Bertz CT molecular complexity index is 448. The Balaban J connectivity index is 1.71. The van der Waals surface area contributed by atoms with E-state index in [1.54, 1.807) is 4.68 Å². The summed E-state index contributed by atoms with van der Waals surface area (Å²) >= 11 is 0. The summed E-state index contributed by atoms with van der Waals surface area (Å²) in [6.45, 7) is 5.74. The molecule has 0 radical (unpaired) electrons. The maximum absolute atomic E-state index is 12.1. The van der Waals surface area contributed by atoms with Gasteiger partial charge >= 0.3 is 0 Å². The second-order valence-electron chi connectivity index (χ2n) is 5.73. The molecule has 5 heteroatoms. The summed E-state index contributed by atoms with van der Waals surface area (Å²) < 4.78 is 7.61. The third-order valence-electron chi connectivity index (χ3n) is 3.98. The molecule has 1 aliphatic rings. The number of rotatable bonds is 6. The summed E-state index contributed by atoms with van der Waals surface area (Å²) in [6.07, 6.45) is 7.91. The van der Waals surface area contributed by atoms with E-state index in [1.807, 2.05) is 19.9 Å². The first-order valence-corrected chi connectivity index (χ1v) is 8.15. The van der Waals surface area contributed by atoms with Crippen LogP contribution in [0.2, 0.25) is 0 Å². The average Bonchev–Trinajstić information content (AvgIpc) is 2.69. The van der Waals surface area contributed by atoms with Crippen molar-refractivity contribution < 1.29 is 9.53 Å². The predicted octanol–water partition coefficient (Wildman–Crippen LogP) is 2.68. The lowest BCUT2D eigenvalue weighted by atomic mass is 10.1. The third kappa shape index (κ3) is 4.84. The van der Waals surface area contributed by atoms with Crippen LogP contribution in [0.1, 0.15) is 61.6 Å². The number of carbonyl (C=O) groups excluding carboxylic acids is 1. The van der Waals surface area contributed by atoms with E-state index in [-0.39, 0.29) is 5.91 Å². The second kappa shape index (κ2) is 8.17. The SMILES string of the molecule is CCn1nc(C)cc1C(=O)NCCOC1CCCCCC1. The molecule has 0 aliphatic heterocycles. The van der Waals surface area contributed by atoms with Crippen molar-refractivity contribution in [3.8, 4) is 0 Å². The molecular weight excluding hydrogens is 266 g/mol. The molecule has 0 atom stereocenters. The lowest BCUT2D eigenvalue weighted by molar-refractivity contribution is 0.0441. The Hall–Kier alpha value is -1.36. The van der Waals surface area contributed by atoms with E-state index in [0.717, 1.165) is 18.5 Å². The van der Waals surface area contributed by atoms with Crippen molar-refractivity contribution in [1.82, 2.24) is 15.1 Å². The van der Waals surface area contributed by atoms with Crippen molar-refractivity contribution >= 4 is 5.91 Å². The van der Waals surface area contributed by atoms with Gasteiger partial charge in [0.05, 0.1) is 18.4 Å². The first kappa shape index (κ1) is 16.0. The maximum atomic E-state index is 12.1. The van der Waals surface area contributed by atoms with Crippen LogP contribution in [0.25, 0.3) is 0 Å². The summed E-state index contributed by atoms with van der Waals surface area (Å²) in [5.74, 6) is -0.0677. The quantitative estimate of drug-likeness (QED) is 0.648. The molecule has 21 heavy (non-hydrogen) atoms. The second-order valence-corrected chi connectivity index (χ2v) is 5.73. The van der Waals surface area contributed by atoms with E-state index in [9.17, 15) is 4.79 Å². The Labute approximate surface area is 127 Å². The third-order valence-corrected chi connectivity index (χ3v) is 3.98. The highest BCUT2D eigenvalue weighted by Crippen LogP contribution is 2.19. The number of carbonyl (C=O) groups is 1. The molecule has 0 aromatic carbocycles. The molecule has 1 aliphatic carbocycles. The van der Waals surface area contributed by atoms with Crippen LogP contribution < -0.4 is 5.32 Å². The van der Waals surface area contributed by atoms with Crippen LogP contribution in [0.4, 0.5) is 0 Å². The van der Waals surface area contributed by atoms with E-state index in [1.165, 1.54) is 25.7 Å². The molecule has 0 spiro atoms. The number of amides is 1. The van der Waals surface area contributed by atoms with Crippen molar-refractivity contribution in [3.05, 3.63) is 17.5 Å². The first-order valence-electron chi connectivity index (χ1n) is 8.15. The molecule has 5 nitrogen and oxygen atoms in total. The highest BCUT2D eigenvalue weighted by atomic mass is 16.5. The fourth-order valence-electron chi connectivity index (χ4n) is 2.86. The smallest absolute Gasteiger partial charge is 0.269 e. The molecule has 1 fully saturated rings. The van der Waals surface area contributed by atoms with Crippen molar-refractivity contribution in [1.29, 1.82) is 0 Å². The Morgan fingerprint density at radius 1 is 1.38 bits per heavy atom. The van der Waals surface area contributed by atoms with Crippen molar-refractivity contribution in [2.45, 2.75) is 65.0 Å². The van der Waals surface area contributed by atoms with Crippen LogP contribution in [0.3, 0.4) is 0 Å². The van der Waals surface area contributed by atoms with Crippen molar-refractivity contribution in [2.75, 3.05) is 13.2 Å². The molecule has 1 saturated carbocycles. The maximum Gasteiger partial charge on any atom is 0.269 e. The standard InChI is InChI=1S/C16H27N3O2/c1-3-19-15(12-13(2)18-19)16(20)17-10-11-21-14-8-6-4-5-7-9-14/h12,14H,3-11H2,1-2H3,(H,17,20). The summed E-state index contributed by atoms with van der Waals surface area (Å²) in [7, 11) is 0. The molecule has 1 amide bonds. The summed E-state index contributed by atoms with van der Waals surface area (Å²) in [4.78, 5) is 12.1. The van der Waals surface area contributed by atoms with Crippen molar-refractivity contribution in [2.24, 2.45) is 0 Å². The molecule has 1 aromatic heterocycles. The molecule has 118 valence electrons. The van der Waals surface area contributed by atoms with Gasteiger partial charge in [0.25, 0.3) is 5.91 Å². The molecule has 0 unspecified atom stereocenters. The van der Waals surface area contributed by atoms with Crippen molar-refractivity contribution in [3.63, 3.8) is 0 Å². The van der Waals surface area contributed by atoms with E-state index in [2.05, 4.69) is 10.4 Å².